The monoisotopic (exact) mass is 279 g/mol. The third kappa shape index (κ3) is 2.22. The van der Waals surface area contributed by atoms with Gasteiger partial charge >= 0.3 is 0 Å². The molecule has 0 spiro atoms. The topological polar surface area (TPSA) is 29.0 Å². The summed E-state index contributed by atoms with van der Waals surface area (Å²) in [5.74, 6) is 1.68. The van der Waals surface area contributed by atoms with Crippen LogP contribution in [0.1, 0.15) is 30.3 Å². The summed E-state index contributed by atoms with van der Waals surface area (Å²) >= 11 is 7.77. The zero-order chi connectivity index (χ0) is 12.5. The van der Waals surface area contributed by atoms with Gasteiger partial charge in [0.15, 0.2) is 0 Å². The zero-order valence-corrected chi connectivity index (χ0v) is 11.7. The lowest BCUT2D eigenvalue weighted by Crippen LogP contribution is -2.23. The van der Waals surface area contributed by atoms with Crippen LogP contribution in [0.3, 0.4) is 0 Å². The van der Waals surface area contributed by atoms with E-state index in [1.54, 1.807) is 11.3 Å². The van der Waals surface area contributed by atoms with E-state index in [0.29, 0.717) is 11.2 Å². The molecule has 1 aliphatic rings. The van der Waals surface area contributed by atoms with Gasteiger partial charge in [-0.2, -0.15) is 11.3 Å². The van der Waals surface area contributed by atoms with Crippen LogP contribution in [0.15, 0.2) is 22.9 Å². The van der Waals surface area contributed by atoms with Crippen molar-refractivity contribution in [2.45, 2.75) is 25.8 Å². The van der Waals surface area contributed by atoms with Crippen LogP contribution in [-0.2, 0) is 0 Å². The Hall–Kier alpha value is -1.13. The van der Waals surface area contributed by atoms with E-state index in [0.717, 1.165) is 18.2 Å². The molecule has 0 saturated carbocycles. The summed E-state index contributed by atoms with van der Waals surface area (Å²) < 4.78 is 0. The molecule has 2 aromatic heterocycles. The lowest BCUT2D eigenvalue weighted by atomic mass is 10.1. The van der Waals surface area contributed by atoms with E-state index in [-0.39, 0.29) is 0 Å². The molecule has 0 radical (unpaired) electrons. The lowest BCUT2D eigenvalue weighted by molar-refractivity contribution is 0.711. The SMILES string of the molecule is Cc1nc(Cl)cc(N2CCC[C@@H]2c2ccsc2)n1. The van der Waals surface area contributed by atoms with Crippen LogP contribution in [-0.4, -0.2) is 16.5 Å². The summed E-state index contributed by atoms with van der Waals surface area (Å²) in [6.07, 6.45) is 2.37. The van der Waals surface area contributed by atoms with Crippen molar-refractivity contribution >= 4 is 28.8 Å². The largest absolute Gasteiger partial charge is 0.349 e. The molecule has 5 heteroatoms. The van der Waals surface area contributed by atoms with Gasteiger partial charge in [-0.25, -0.2) is 9.97 Å². The van der Waals surface area contributed by atoms with E-state index in [2.05, 4.69) is 31.7 Å². The second-order valence-electron chi connectivity index (χ2n) is 4.50. The Bertz CT molecular complexity index is 521. The average molecular weight is 280 g/mol. The fourth-order valence-corrected chi connectivity index (χ4v) is 3.44. The zero-order valence-electron chi connectivity index (χ0n) is 10.1. The third-order valence-electron chi connectivity index (χ3n) is 3.27. The molecule has 0 aliphatic carbocycles. The second-order valence-corrected chi connectivity index (χ2v) is 5.67. The van der Waals surface area contributed by atoms with Crippen molar-refractivity contribution in [1.29, 1.82) is 0 Å². The van der Waals surface area contributed by atoms with E-state index >= 15 is 0 Å². The number of hydrogen-bond acceptors (Lipinski definition) is 4. The van der Waals surface area contributed by atoms with Gasteiger partial charge in [0, 0.05) is 12.6 Å². The van der Waals surface area contributed by atoms with Crippen molar-refractivity contribution < 1.29 is 0 Å². The summed E-state index contributed by atoms with van der Waals surface area (Å²) in [4.78, 5) is 11.0. The van der Waals surface area contributed by atoms with Gasteiger partial charge in [0.25, 0.3) is 0 Å². The van der Waals surface area contributed by atoms with Crippen molar-refractivity contribution in [2.75, 3.05) is 11.4 Å². The first-order valence-corrected chi connectivity index (χ1v) is 7.36. The first-order chi connectivity index (χ1) is 8.74. The summed E-state index contributed by atoms with van der Waals surface area (Å²) in [6.45, 7) is 2.92. The maximum atomic E-state index is 6.03. The summed E-state index contributed by atoms with van der Waals surface area (Å²) in [7, 11) is 0. The Balaban J connectivity index is 1.95. The van der Waals surface area contributed by atoms with Crippen molar-refractivity contribution in [3.63, 3.8) is 0 Å². The average Bonchev–Trinajstić information content (AvgIpc) is 2.98. The second kappa shape index (κ2) is 4.86. The summed E-state index contributed by atoms with van der Waals surface area (Å²) in [6, 6.07) is 4.49. The van der Waals surface area contributed by atoms with Crippen LogP contribution >= 0.6 is 22.9 Å². The standard InChI is InChI=1S/C13H14ClN3S/c1-9-15-12(14)7-13(16-9)17-5-2-3-11(17)10-4-6-18-8-10/h4,6-8,11H,2-3,5H2,1H3/t11-/m1/s1. The Labute approximate surface area is 115 Å². The minimum atomic E-state index is 0.432. The summed E-state index contributed by atoms with van der Waals surface area (Å²) in [5.41, 5.74) is 1.38. The predicted molar refractivity (Wildman–Crippen MR) is 75.4 cm³/mol. The Morgan fingerprint density at radius 1 is 1.44 bits per heavy atom. The Morgan fingerprint density at radius 3 is 3.06 bits per heavy atom. The summed E-state index contributed by atoms with van der Waals surface area (Å²) in [5, 5.41) is 4.87. The van der Waals surface area contributed by atoms with E-state index in [4.69, 9.17) is 11.6 Å². The highest BCUT2D eigenvalue weighted by molar-refractivity contribution is 7.08. The van der Waals surface area contributed by atoms with E-state index < -0.39 is 0 Å². The molecule has 0 bridgehead atoms. The van der Waals surface area contributed by atoms with Gasteiger partial charge in [0.1, 0.15) is 16.8 Å². The Morgan fingerprint density at radius 2 is 2.33 bits per heavy atom. The molecule has 1 saturated heterocycles. The highest BCUT2D eigenvalue weighted by Crippen LogP contribution is 2.36. The molecule has 0 amide bonds. The molecule has 2 aromatic rings. The van der Waals surface area contributed by atoms with Crippen LogP contribution in [0.2, 0.25) is 5.15 Å². The van der Waals surface area contributed by atoms with Crippen LogP contribution in [0.5, 0.6) is 0 Å². The normalized spacial score (nSPS) is 19.4. The molecule has 18 heavy (non-hydrogen) atoms. The van der Waals surface area contributed by atoms with Gasteiger partial charge in [-0.05, 0) is 42.2 Å². The van der Waals surface area contributed by atoms with Crippen molar-refractivity contribution in [2.24, 2.45) is 0 Å². The maximum absolute atomic E-state index is 6.03. The van der Waals surface area contributed by atoms with Gasteiger partial charge in [0.05, 0.1) is 6.04 Å². The molecule has 3 nitrogen and oxygen atoms in total. The van der Waals surface area contributed by atoms with Gasteiger partial charge < -0.3 is 4.90 Å². The van der Waals surface area contributed by atoms with Crippen LogP contribution in [0, 0.1) is 6.92 Å². The van der Waals surface area contributed by atoms with Crippen molar-refractivity contribution in [1.82, 2.24) is 9.97 Å². The molecule has 3 rings (SSSR count). The van der Waals surface area contributed by atoms with Crippen LogP contribution < -0.4 is 4.90 Å². The number of anilines is 1. The number of halogens is 1. The Kier molecular flexibility index (Phi) is 3.22. The highest BCUT2D eigenvalue weighted by Gasteiger charge is 2.27. The number of aromatic nitrogens is 2. The fourth-order valence-electron chi connectivity index (χ4n) is 2.52. The van der Waals surface area contributed by atoms with Crippen LogP contribution in [0.25, 0.3) is 0 Å². The molecule has 1 aliphatic heterocycles. The van der Waals surface area contributed by atoms with Crippen molar-refractivity contribution in [3.05, 3.63) is 39.4 Å². The first kappa shape index (κ1) is 11.9. The van der Waals surface area contributed by atoms with E-state index in [9.17, 15) is 0 Å². The molecule has 0 N–H and O–H groups in total. The van der Waals surface area contributed by atoms with Gasteiger partial charge in [-0.1, -0.05) is 11.6 Å². The smallest absolute Gasteiger partial charge is 0.134 e. The minimum Gasteiger partial charge on any atom is -0.349 e. The number of rotatable bonds is 2. The molecular formula is C13H14ClN3S. The molecule has 1 fully saturated rings. The third-order valence-corrected chi connectivity index (χ3v) is 4.16. The van der Waals surface area contributed by atoms with Gasteiger partial charge in [0.2, 0.25) is 0 Å². The first-order valence-electron chi connectivity index (χ1n) is 6.04. The molecule has 3 heterocycles. The molecule has 1 atom stereocenters. The van der Waals surface area contributed by atoms with Gasteiger partial charge in [-0.3, -0.25) is 0 Å². The molecule has 94 valence electrons. The van der Waals surface area contributed by atoms with Gasteiger partial charge in [-0.15, -0.1) is 0 Å². The van der Waals surface area contributed by atoms with E-state index in [1.807, 2.05) is 13.0 Å². The van der Waals surface area contributed by atoms with Crippen LogP contribution in [0.4, 0.5) is 5.82 Å². The fraction of sp³-hybridized carbons (Fsp3) is 0.385. The van der Waals surface area contributed by atoms with Crippen molar-refractivity contribution in [3.8, 4) is 0 Å². The number of thiophene rings is 1. The van der Waals surface area contributed by atoms with E-state index in [1.165, 1.54) is 18.4 Å². The molecular weight excluding hydrogens is 266 g/mol. The number of nitrogens with zero attached hydrogens (tertiary/aromatic N) is 3. The highest BCUT2D eigenvalue weighted by atomic mass is 35.5. The molecule has 0 unspecified atom stereocenters. The minimum absolute atomic E-state index is 0.432. The quantitative estimate of drug-likeness (QED) is 0.782. The lowest BCUT2D eigenvalue weighted by Gasteiger charge is -2.25. The number of aryl methyl sites for hydroxylation is 1. The maximum Gasteiger partial charge on any atom is 0.134 e. The number of hydrogen-bond donors (Lipinski definition) is 0. The molecule has 0 aromatic carbocycles. The predicted octanol–water partition coefficient (Wildman–Crippen LogP) is 3.84.